The normalized spacial score (nSPS) is 21.3. The summed E-state index contributed by atoms with van der Waals surface area (Å²) in [5.74, 6) is 1.07. The Morgan fingerprint density at radius 1 is 1.39 bits per heavy atom. The Labute approximate surface area is 134 Å². The van der Waals surface area contributed by atoms with Crippen molar-refractivity contribution in [2.75, 3.05) is 25.5 Å². The van der Waals surface area contributed by atoms with Gasteiger partial charge in [-0.15, -0.1) is 10.2 Å². The number of aliphatic hydroxyl groups is 1. The lowest BCUT2D eigenvalue weighted by Crippen LogP contribution is -2.34. The molecule has 3 rings (SSSR count). The van der Waals surface area contributed by atoms with Crippen molar-refractivity contribution in [3.63, 3.8) is 0 Å². The first kappa shape index (κ1) is 15.7. The van der Waals surface area contributed by atoms with E-state index in [4.69, 9.17) is 4.74 Å². The van der Waals surface area contributed by atoms with Crippen LogP contribution in [0, 0.1) is 0 Å². The van der Waals surface area contributed by atoms with E-state index in [1.54, 1.807) is 11.0 Å². The number of hydrogen-bond acceptors (Lipinski definition) is 5. The van der Waals surface area contributed by atoms with Gasteiger partial charge in [0.05, 0.1) is 24.9 Å². The second-order valence-electron chi connectivity index (χ2n) is 6.04. The Hall–Kier alpha value is -2.19. The molecule has 0 aliphatic carbocycles. The summed E-state index contributed by atoms with van der Waals surface area (Å²) in [6.07, 6.45) is 0.815. The van der Waals surface area contributed by atoms with Crippen molar-refractivity contribution in [2.45, 2.75) is 32.0 Å². The van der Waals surface area contributed by atoms with Gasteiger partial charge in [0.2, 0.25) is 0 Å². The van der Waals surface area contributed by atoms with E-state index in [1.165, 1.54) is 7.11 Å². The Morgan fingerprint density at radius 2 is 2.17 bits per heavy atom. The van der Waals surface area contributed by atoms with Crippen molar-refractivity contribution in [1.29, 1.82) is 0 Å². The van der Waals surface area contributed by atoms with Gasteiger partial charge in [-0.3, -0.25) is 4.40 Å². The summed E-state index contributed by atoms with van der Waals surface area (Å²) in [5, 5.41) is 20.9. The number of anilines is 1. The van der Waals surface area contributed by atoms with E-state index in [-0.39, 0.29) is 24.6 Å². The molecule has 2 amide bonds. The van der Waals surface area contributed by atoms with Crippen LogP contribution in [0.2, 0.25) is 0 Å². The van der Waals surface area contributed by atoms with Crippen molar-refractivity contribution in [3.8, 4) is 0 Å². The fourth-order valence-electron chi connectivity index (χ4n) is 2.73. The Morgan fingerprint density at radius 3 is 2.83 bits per heavy atom. The third-order valence-electron chi connectivity index (χ3n) is 4.02. The van der Waals surface area contributed by atoms with Crippen LogP contribution in [0.15, 0.2) is 18.3 Å². The zero-order valence-corrected chi connectivity index (χ0v) is 13.4. The lowest BCUT2D eigenvalue weighted by atomic mass is 10.2. The van der Waals surface area contributed by atoms with Crippen molar-refractivity contribution in [2.24, 2.45) is 0 Å². The van der Waals surface area contributed by atoms with Crippen LogP contribution in [0.3, 0.4) is 0 Å². The molecule has 0 radical (unpaired) electrons. The van der Waals surface area contributed by atoms with Gasteiger partial charge in [-0.1, -0.05) is 13.8 Å². The van der Waals surface area contributed by atoms with Crippen molar-refractivity contribution >= 4 is 17.4 Å². The van der Waals surface area contributed by atoms with Gasteiger partial charge in [-0.2, -0.15) is 0 Å². The minimum absolute atomic E-state index is 0.229. The van der Waals surface area contributed by atoms with Crippen LogP contribution in [-0.4, -0.2) is 63.0 Å². The van der Waals surface area contributed by atoms with Crippen LogP contribution >= 0.6 is 0 Å². The number of nitrogens with zero attached hydrogens (tertiary/aromatic N) is 4. The first-order valence-corrected chi connectivity index (χ1v) is 7.61. The molecule has 8 nitrogen and oxygen atoms in total. The Balaban J connectivity index is 1.76. The molecule has 1 fully saturated rings. The number of aliphatic hydroxyl groups excluding tert-OH is 1. The second kappa shape index (κ2) is 6.13. The number of fused-ring (bicyclic) bond motifs is 1. The summed E-state index contributed by atoms with van der Waals surface area (Å²) in [6.45, 7) is 4.71. The highest BCUT2D eigenvalue weighted by atomic mass is 16.5. The van der Waals surface area contributed by atoms with Crippen LogP contribution in [0.1, 0.15) is 25.6 Å². The van der Waals surface area contributed by atoms with Crippen LogP contribution in [0.25, 0.3) is 5.65 Å². The SMILES string of the molecule is CO[C@@H]1CN(C(=O)Nc2ccc3nnc(C(C)C)n3c2)C[C@H]1O. The zero-order valence-electron chi connectivity index (χ0n) is 13.4. The molecule has 1 saturated heterocycles. The fraction of sp³-hybridized carbons (Fsp3) is 0.533. The number of ether oxygens (including phenoxy) is 1. The van der Waals surface area contributed by atoms with Gasteiger partial charge < -0.3 is 20.1 Å². The maximum absolute atomic E-state index is 12.3. The summed E-state index contributed by atoms with van der Waals surface area (Å²) in [6, 6.07) is 3.33. The number of carbonyl (C=O) groups is 1. The molecule has 2 aromatic rings. The molecule has 8 heteroatoms. The Bertz CT molecular complexity index is 714. The van der Waals surface area contributed by atoms with E-state index >= 15 is 0 Å². The number of hydrogen-bond donors (Lipinski definition) is 2. The van der Waals surface area contributed by atoms with Crippen LogP contribution < -0.4 is 5.32 Å². The largest absolute Gasteiger partial charge is 0.388 e. The van der Waals surface area contributed by atoms with Crippen LogP contribution in [-0.2, 0) is 4.74 Å². The number of methoxy groups -OCH3 is 1. The first-order valence-electron chi connectivity index (χ1n) is 7.61. The lowest BCUT2D eigenvalue weighted by molar-refractivity contribution is 0.0215. The van der Waals surface area contributed by atoms with E-state index in [2.05, 4.69) is 15.5 Å². The smallest absolute Gasteiger partial charge is 0.322 e. The number of pyridine rings is 1. The number of β-amino-alcohol motifs (C(OH)–C–C–N with tert-alkyl or cyclic N) is 1. The number of rotatable bonds is 3. The molecule has 0 bridgehead atoms. The molecule has 0 unspecified atom stereocenters. The third-order valence-corrected chi connectivity index (χ3v) is 4.02. The molecule has 0 spiro atoms. The molecule has 0 aromatic carbocycles. The maximum Gasteiger partial charge on any atom is 0.322 e. The van der Waals surface area contributed by atoms with Crippen molar-refractivity contribution in [1.82, 2.24) is 19.5 Å². The lowest BCUT2D eigenvalue weighted by Gasteiger charge is -2.16. The van der Waals surface area contributed by atoms with Gasteiger partial charge in [0.25, 0.3) is 0 Å². The summed E-state index contributed by atoms with van der Waals surface area (Å²) in [5.41, 5.74) is 1.39. The monoisotopic (exact) mass is 319 g/mol. The van der Waals surface area contributed by atoms with Crippen molar-refractivity contribution in [3.05, 3.63) is 24.2 Å². The molecule has 2 atom stereocenters. The molecule has 2 N–H and O–H groups in total. The molecule has 124 valence electrons. The number of carbonyl (C=O) groups excluding carboxylic acids is 1. The predicted molar refractivity (Wildman–Crippen MR) is 84.5 cm³/mol. The van der Waals surface area contributed by atoms with Gasteiger partial charge in [0, 0.05) is 19.2 Å². The number of nitrogens with one attached hydrogen (secondary N) is 1. The van der Waals surface area contributed by atoms with E-state index in [9.17, 15) is 9.90 Å². The van der Waals surface area contributed by atoms with Crippen LogP contribution in [0.4, 0.5) is 10.5 Å². The highest BCUT2D eigenvalue weighted by Crippen LogP contribution is 2.18. The molecular formula is C15H21N5O3. The van der Waals surface area contributed by atoms with E-state index in [0.29, 0.717) is 12.2 Å². The highest BCUT2D eigenvalue weighted by Gasteiger charge is 2.34. The quantitative estimate of drug-likeness (QED) is 0.883. The predicted octanol–water partition coefficient (Wildman–Crippen LogP) is 1.08. The maximum atomic E-state index is 12.3. The number of likely N-dealkylation sites (tertiary alicyclic amines) is 1. The van der Waals surface area contributed by atoms with Gasteiger partial charge >= 0.3 is 6.03 Å². The summed E-state index contributed by atoms with van der Waals surface area (Å²) < 4.78 is 7.02. The average molecular weight is 319 g/mol. The van der Waals surface area contributed by atoms with E-state index in [0.717, 1.165) is 11.5 Å². The number of aromatic nitrogens is 3. The second-order valence-corrected chi connectivity index (χ2v) is 6.04. The highest BCUT2D eigenvalue weighted by molar-refractivity contribution is 5.89. The average Bonchev–Trinajstić information content (AvgIpc) is 3.10. The summed E-state index contributed by atoms with van der Waals surface area (Å²) >= 11 is 0. The number of amides is 2. The molecular weight excluding hydrogens is 298 g/mol. The summed E-state index contributed by atoms with van der Waals surface area (Å²) in [7, 11) is 1.53. The molecule has 3 heterocycles. The molecule has 1 aliphatic heterocycles. The molecule has 0 saturated carbocycles. The van der Waals surface area contributed by atoms with Gasteiger partial charge in [-0.05, 0) is 12.1 Å². The van der Waals surface area contributed by atoms with E-state index in [1.807, 2.05) is 30.5 Å². The molecule has 2 aromatic heterocycles. The minimum atomic E-state index is -0.654. The minimum Gasteiger partial charge on any atom is -0.388 e. The summed E-state index contributed by atoms with van der Waals surface area (Å²) in [4.78, 5) is 13.9. The third kappa shape index (κ3) is 2.99. The van der Waals surface area contributed by atoms with E-state index < -0.39 is 6.10 Å². The van der Waals surface area contributed by atoms with Crippen LogP contribution in [0.5, 0.6) is 0 Å². The van der Waals surface area contributed by atoms with Crippen molar-refractivity contribution < 1.29 is 14.6 Å². The van der Waals surface area contributed by atoms with Gasteiger partial charge in [0.1, 0.15) is 11.9 Å². The zero-order chi connectivity index (χ0) is 16.6. The van der Waals surface area contributed by atoms with Gasteiger partial charge in [0.15, 0.2) is 5.65 Å². The first-order chi connectivity index (χ1) is 11.0. The fourth-order valence-corrected chi connectivity index (χ4v) is 2.73. The van der Waals surface area contributed by atoms with Gasteiger partial charge in [-0.25, -0.2) is 4.79 Å². The number of urea groups is 1. The topological polar surface area (TPSA) is 92.0 Å². The standard InChI is InChI=1S/C15H21N5O3/c1-9(2)14-18-17-13-5-4-10(6-20(13)14)16-15(22)19-7-11(21)12(8-19)23-3/h4-6,9,11-12,21H,7-8H2,1-3H3,(H,16,22)/t11-,12-/m1/s1. The molecule has 23 heavy (non-hydrogen) atoms. The Kier molecular flexibility index (Phi) is 4.18. The molecule has 1 aliphatic rings.